The topological polar surface area (TPSA) is 63.2 Å². The van der Waals surface area contributed by atoms with Crippen molar-refractivity contribution in [1.29, 1.82) is 0 Å². The first-order valence-electron chi connectivity index (χ1n) is 9.20. The Labute approximate surface area is 166 Å². The number of fused-ring (bicyclic) bond motifs is 5. The lowest BCUT2D eigenvalue weighted by atomic mass is 10.1. The number of ether oxygens (including phenoxy) is 1. The second kappa shape index (κ2) is 6.49. The van der Waals surface area contributed by atoms with Crippen LogP contribution in [-0.2, 0) is 0 Å². The average molecular weight is 389 g/mol. The fourth-order valence-corrected chi connectivity index (χ4v) is 4.83. The molecule has 0 saturated carbocycles. The molecule has 3 heterocycles. The molecule has 1 aliphatic rings. The van der Waals surface area contributed by atoms with E-state index in [2.05, 4.69) is 16.7 Å². The van der Waals surface area contributed by atoms with Crippen LogP contribution in [0.4, 0.5) is 5.69 Å². The van der Waals surface area contributed by atoms with Crippen LogP contribution in [0.5, 0.6) is 5.75 Å². The first kappa shape index (κ1) is 17.0. The largest absolute Gasteiger partial charge is 0.496 e. The molecule has 2 N–H and O–H groups in total. The van der Waals surface area contributed by atoms with E-state index < -0.39 is 0 Å². The number of nitrogens with one attached hydrogen (secondary N) is 2. The van der Waals surface area contributed by atoms with E-state index >= 15 is 0 Å². The Kier molecular flexibility index (Phi) is 3.94. The van der Waals surface area contributed by atoms with Crippen LogP contribution in [0, 0.1) is 0 Å². The van der Waals surface area contributed by atoms with Crippen molar-refractivity contribution in [1.82, 2.24) is 10.3 Å². The highest BCUT2D eigenvalue weighted by Crippen LogP contribution is 2.41. The van der Waals surface area contributed by atoms with Crippen LogP contribution >= 0.6 is 11.3 Å². The molecule has 1 amide bonds. The Bertz CT molecular complexity index is 1230. The summed E-state index contributed by atoms with van der Waals surface area (Å²) in [5, 5.41) is 8.61. The third-order valence-corrected chi connectivity index (χ3v) is 6.23. The van der Waals surface area contributed by atoms with Gasteiger partial charge in [-0.15, -0.1) is 11.3 Å². The number of pyridine rings is 1. The fourth-order valence-electron chi connectivity index (χ4n) is 3.73. The lowest BCUT2D eigenvalue weighted by Crippen LogP contribution is -2.34. The number of carbonyl (C=O) groups is 1. The van der Waals surface area contributed by atoms with Crippen molar-refractivity contribution in [3.8, 4) is 17.0 Å². The smallest absolute Gasteiger partial charge is 0.263 e. The van der Waals surface area contributed by atoms with E-state index in [0.29, 0.717) is 6.54 Å². The molecule has 2 aromatic heterocycles. The zero-order chi connectivity index (χ0) is 19.3. The van der Waals surface area contributed by atoms with Gasteiger partial charge in [-0.1, -0.05) is 12.1 Å². The Morgan fingerprint density at radius 3 is 2.86 bits per heavy atom. The maximum atomic E-state index is 12.6. The Morgan fingerprint density at radius 2 is 2.00 bits per heavy atom. The van der Waals surface area contributed by atoms with Crippen LogP contribution in [0.2, 0.25) is 0 Å². The molecule has 0 aliphatic carbocycles. The maximum Gasteiger partial charge on any atom is 0.263 e. The second-order valence-corrected chi connectivity index (χ2v) is 8.02. The summed E-state index contributed by atoms with van der Waals surface area (Å²) in [4.78, 5) is 18.2. The molecule has 5 nitrogen and oxygen atoms in total. The molecule has 0 radical (unpaired) electrons. The zero-order valence-electron chi connectivity index (χ0n) is 15.6. The van der Waals surface area contributed by atoms with E-state index in [1.54, 1.807) is 7.11 Å². The lowest BCUT2D eigenvalue weighted by Gasteiger charge is -2.11. The van der Waals surface area contributed by atoms with Crippen LogP contribution in [0.3, 0.4) is 0 Å². The van der Waals surface area contributed by atoms with E-state index in [0.717, 1.165) is 48.6 Å². The van der Waals surface area contributed by atoms with Crippen LogP contribution in [0.25, 0.3) is 32.2 Å². The van der Waals surface area contributed by atoms with Gasteiger partial charge in [-0.25, -0.2) is 4.98 Å². The maximum absolute atomic E-state index is 12.6. The molecule has 2 aromatic carbocycles. The van der Waals surface area contributed by atoms with E-state index in [1.807, 2.05) is 49.4 Å². The van der Waals surface area contributed by atoms with Crippen LogP contribution in [-0.4, -0.2) is 30.6 Å². The number of methoxy groups -OCH3 is 1. The number of carbonyl (C=O) groups excluding carboxylic acids is 1. The van der Waals surface area contributed by atoms with Gasteiger partial charge in [0.25, 0.3) is 5.91 Å². The van der Waals surface area contributed by atoms with Gasteiger partial charge in [0, 0.05) is 33.6 Å². The van der Waals surface area contributed by atoms with Gasteiger partial charge in [-0.05, 0) is 43.3 Å². The van der Waals surface area contributed by atoms with Crippen molar-refractivity contribution >= 4 is 43.9 Å². The molecule has 0 unspecified atom stereocenters. The monoisotopic (exact) mass is 389 g/mol. The third-order valence-electron chi connectivity index (χ3n) is 5.07. The van der Waals surface area contributed by atoms with Gasteiger partial charge in [-0.3, -0.25) is 4.79 Å². The molecular formula is C22H19N3O2S. The number of hydrogen-bond acceptors (Lipinski definition) is 5. The molecule has 0 bridgehead atoms. The summed E-state index contributed by atoms with van der Waals surface area (Å²) in [7, 11) is 1.67. The summed E-state index contributed by atoms with van der Waals surface area (Å²) >= 11 is 1.52. The normalized spacial score (nSPS) is 16.4. The molecule has 1 aliphatic heterocycles. The van der Waals surface area contributed by atoms with E-state index in [4.69, 9.17) is 9.72 Å². The van der Waals surface area contributed by atoms with E-state index in [-0.39, 0.29) is 11.9 Å². The number of para-hydroxylation sites is 1. The quantitative estimate of drug-likeness (QED) is 0.523. The second-order valence-electron chi connectivity index (χ2n) is 6.96. The minimum Gasteiger partial charge on any atom is -0.496 e. The third kappa shape index (κ3) is 2.60. The number of nitrogens with zero attached hydrogens (tertiary/aromatic N) is 1. The highest BCUT2D eigenvalue weighted by molar-refractivity contribution is 7.21. The number of amides is 1. The van der Waals surface area contributed by atoms with Gasteiger partial charge in [0.15, 0.2) is 0 Å². The van der Waals surface area contributed by atoms with Crippen molar-refractivity contribution in [3.63, 3.8) is 0 Å². The van der Waals surface area contributed by atoms with Crippen LogP contribution in [0.1, 0.15) is 16.6 Å². The van der Waals surface area contributed by atoms with Gasteiger partial charge in [0.2, 0.25) is 0 Å². The van der Waals surface area contributed by atoms with E-state index in [9.17, 15) is 4.79 Å². The first-order chi connectivity index (χ1) is 13.7. The molecule has 6 heteroatoms. The van der Waals surface area contributed by atoms with Gasteiger partial charge < -0.3 is 15.4 Å². The highest BCUT2D eigenvalue weighted by Gasteiger charge is 2.24. The molecule has 0 fully saturated rings. The minimum atomic E-state index is -0.0135. The molecule has 5 rings (SSSR count). The van der Waals surface area contributed by atoms with E-state index in [1.165, 1.54) is 11.3 Å². The number of rotatable bonds is 2. The van der Waals surface area contributed by atoms with Crippen molar-refractivity contribution < 1.29 is 9.53 Å². The summed E-state index contributed by atoms with van der Waals surface area (Å²) in [6, 6.07) is 16.1. The Hall–Kier alpha value is -3.12. The number of aromatic nitrogens is 1. The number of anilines is 1. The number of thiophene rings is 1. The predicted octanol–water partition coefficient (Wildman–Crippen LogP) is 4.67. The molecule has 0 saturated heterocycles. The lowest BCUT2D eigenvalue weighted by molar-refractivity contribution is 0.0949. The molecular weight excluding hydrogens is 370 g/mol. The standard InChI is InChI=1S/C22H19N3O2S/c1-12-11-23-20-19-14-7-8-15(13-5-3-4-6-17(13)27-2)25-16(14)9-10-18(19)28-21(20)22(26)24-12/h3-10,12,23H,11H2,1-2H3,(H,24,26)/t12-/m1/s1. The number of hydrogen-bond donors (Lipinski definition) is 2. The van der Waals surface area contributed by atoms with Gasteiger partial charge in [0.05, 0.1) is 24.0 Å². The van der Waals surface area contributed by atoms with Crippen molar-refractivity contribution in [2.24, 2.45) is 0 Å². The van der Waals surface area contributed by atoms with Gasteiger partial charge in [0.1, 0.15) is 10.6 Å². The summed E-state index contributed by atoms with van der Waals surface area (Å²) in [6.07, 6.45) is 0. The summed E-state index contributed by atoms with van der Waals surface area (Å²) in [6.45, 7) is 2.70. The zero-order valence-corrected chi connectivity index (χ0v) is 16.4. The summed E-state index contributed by atoms with van der Waals surface area (Å²) < 4.78 is 6.57. The molecule has 1 atom stereocenters. The van der Waals surface area contributed by atoms with Crippen molar-refractivity contribution in [2.45, 2.75) is 13.0 Å². The Morgan fingerprint density at radius 1 is 1.14 bits per heavy atom. The van der Waals surface area contributed by atoms with Gasteiger partial charge >= 0.3 is 0 Å². The Balaban J connectivity index is 1.72. The minimum absolute atomic E-state index is 0.0135. The molecule has 0 spiro atoms. The van der Waals surface area contributed by atoms with Crippen molar-refractivity contribution in [3.05, 3.63) is 53.4 Å². The van der Waals surface area contributed by atoms with Crippen LogP contribution < -0.4 is 15.4 Å². The molecule has 4 aromatic rings. The SMILES string of the molecule is COc1ccccc1-c1ccc2c(ccc3sc4c(c32)NC[C@@H](C)NC4=O)n1. The summed E-state index contributed by atoms with van der Waals surface area (Å²) in [5.41, 5.74) is 3.64. The van der Waals surface area contributed by atoms with Crippen molar-refractivity contribution in [2.75, 3.05) is 19.0 Å². The number of benzene rings is 2. The fraction of sp³-hybridized carbons (Fsp3) is 0.182. The van der Waals surface area contributed by atoms with Gasteiger partial charge in [-0.2, -0.15) is 0 Å². The molecule has 28 heavy (non-hydrogen) atoms. The molecule has 140 valence electrons. The predicted molar refractivity (Wildman–Crippen MR) is 115 cm³/mol. The highest BCUT2D eigenvalue weighted by atomic mass is 32.1. The van der Waals surface area contributed by atoms with Crippen LogP contribution in [0.15, 0.2) is 48.5 Å². The summed E-state index contributed by atoms with van der Waals surface area (Å²) in [5.74, 6) is 0.785. The average Bonchev–Trinajstić information content (AvgIpc) is 3.04. The first-order valence-corrected chi connectivity index (χ1v) is 10.0.